The standard InChI is InChI=1S/C27H25BrN6O4/c1-16-12-22(31-38-16)32(2)23(35)15-34-21-5-3-4-19(28)24(21)27(26(34)37)8-10-33(11-9-27)25(36)17-6-7-20-18(13-17)14-29-30-20/h3-7,12-14H,8-11,15H2,1-2H3,(H,29,30). The zero-order valence-electron chi connectivity index (χ0n) is 20.9. The summed E-state index contributed by atoms with van der Waals surface area (Å²) in [6.45, 7) is 2.48. The number of aromatic amines is 1. The van der Waals surface area contributed by atoms with Crippen LogP contribution in [0.3, 0.4) is 0 Å². The molecular weight excluding hydrogens is 552 g/mol. The van der Waals surface area contributed by atoms with E-state index in [1.54, 1.807) is 42.1 Å². The van der Waals surface area contributed by atoms with Gasteiger partial charge < -0.3 is 14.3 Å². The first-order valence-corrected chi connectivity index (χ1v) is 13.1. The van der Waals surface area contributed by atoms with Crippen molar-refractivity contribution in [1.29, 1.82) is 0 Å². The van der Waals surface area contributed by atoms with Crippen LogP contribution in [0.1, 0.15) is 34.5 Å². The zero-order valence-corrected chi connectivity index (χ0v) is 22.5. The largest absolute Gasteiger partial charge is 0.360 e. The van der Waals surface area contributed by atoms with E-state index in [0.717, 1.165) is 20.9 Å². The highest BCUT2D eigenvalue weighted by Gasteiger charge is 2.54. The quantitative estimate of drug-likeness (QED) is 0.395. The van der Waals surface area contributed by atoms with Gasteiger partial charge in [-0.25, -0.2) is 0 Å². The number of likely N-dealkylation sites (tertiary alicyclic amines) is 1. The molecule has 2 aromatic carbocycles. The molecule has 0 saturated carbocycles. The number of piperidine rings is 1. The van der Waals surface area contributed by atoms with E-state index in [1.807, 2.05) is 30.3 Å². The number of H-pyrrole nitrogens is 1. The lowest BCUT2D eigenvalue weighted by atomic mass is 9.73. The molecule has 0 aliphatic carbocycles. The van der Waals surface area contributed by atoms with Gasteiger partial charge in [0.05, 0.1) is 17.1 Å². The van der Waals surface area contributed by atoms with Crippen molar-refractivity contribution >= 4 is 56.1 Å². The Morgan fingerprint density at radius 2 is 1.97 bits per heavy atom. The fraction of sp³-hybridized carbons (Fsp3) is 0.296. The van der Waals surface area contributed by atoms with Crippen LogP contribution in [-0.2, 0) is 15.0 Å². The summed E-state index contributed by atoms with van der Waals surface area (Å²) >= 11 is 3.66. The Hall–Kier alpha value is -3.99. The van der Waals surface area contributed by atoms with Crippen molar-refractivity contribution < 1.29 is 18.9 Å². The highest BCUT2D eigenvalue weighted by Crippen LogP contribution is 2.51. The third kappa shape index (κ3) is 3.80. The summed E-state index contributed by atoms with van der Waals surface area (Å²) < 4.78 is 5.92. The molecule has 0 unspecified atom stereocenters. The molecule has 0 radical (unpaired) electrons. The molecule has 194 valence electrons. The van der Waals surface area contributed by atoms with Crippen molar-refractivity contribution in [2.75, 3.05) is 36.5 Å². The van der Waals surface area contributed by atoms with E-state index in [-0.39, 0.29) is 24.3 Å². The first-order valence-electron chi connectivity index (χ1n) is 12.3. The maximum atomic E-state index is 14.0. The van der Waals surface area contributed by atoms with Crippen molar-refractivity contribution in [2.45, 2.75) is 25.2 Å². The van der Waals surface area contributed by atoms with Crippen LogP contribution in [-0.4, -0.2) is 64.7 Å². The van der Waals surface area contributed by atoms with E-state index in [9.17, 15) is 14.4 Å². The zero-order chi connectivity index (χ0) is 26.6. The first-order chi connectivity index (χ1) is 18.3. The number of hydrogen-bond donors (Lipinski definition) is 1. The molecule has 38 heavy (non-hydrogen) atoms. The van der Waals surface area contributed by atoms with Crippen LogP contribution in [0.15, 0.2) is 57.7 Å². The van der Waals surface area contributed by atoms with E-state index in [4.69, 9.17) is 4.52 Å². The first kappa shape index (κ1) is 24.4. The highest BCUT2D eigenvalue weighted by atomic mass is 79.9. The Balaban J connectivity index is 1.24. The van der Waals surface area contributed by atoms with Crippen molar-refractivity contribution in [3.05, 3.63) is 70.0 Å². The van der Waals surface area contributed by atoms with Crippen molar-refractivity contribution in [3.8, 4) is 0 Å². The molecule has 1 N–H and O–H groups in total. The van der Waals surface area contributed by atoms with Crippen LogP contribution in [0.2, 0.25) is 0 Å². The second-order valence-electron chi connectivity index (χ2n) is 9.82. The molecule has 1 saturated heterocycles. The predicted molar refractivity (Wildman–Crippen MR) is 144 cm³/mol. The summed E-state index contributed by atoms with van der Waals surface area (Å²) in [5.41, 5.74) is 2.24. The number of carbonyl (C=O) groups excluding carboxylic acids is 3. The Kier molecular flexibility index (Phi) is 5.82. The van der Waals surface area contributed by atoms with Crippen molar-refractivity contribution in [1.82, 2.24) is 20.3 Å². The van der Waals surface area contributed by atoms with Crippen LogP contribution in [0, 0.1) is 6.92 Å². The van der Waals surface area contributed by atoms with Gasteiger partial charge in [0, 0.05) is 52.9 Å². The van der Waals surface area contributed by atoms with Gasteiger partial charge in [0.2, 0.25) is 11.8 Å². The molecule has 2 aromatic heterocycles. The van der Waals surface area contributed by atoms with Gasteiger partial charge in [0.25, 0.3) is 5.91 Å². The fourth-order valence-corrected chi connectivity index (χ4v) is 6.27. The summed E-state index contributed by atoms with van der Waals surface area (Å²) in [6.07, 6.45) is 2.62. The number of nitrogens with zero attached hydrogens (tertiary/aromatic N) is 5. The Morgan fingerprint density at radius 1 is 1.18 bits per heavy atom. The minimum absolute atomic E-state index is 0.0719. The molecule has 0 bridgehead atoms. The van der Waals surface area contributed by atoms with Gasteiger partial charge in [0.15, 0.2) is 5.82 Å². The Bertz CT molecular complexity index is 1590. The molecule has 10 nitrogen and oxygen atoms in total. The predicted octanol–water partition coefficient (Wildman–Crippen LogP) is 3.81. The molecule has 0 atom stereocenters. The molecule has 2 aliphatic rings. The van der Waals surface area contributed by atoms with Crippen molar-refractivity contribution in [3.63, 3.8) is 0 Å². The van der Waals surface area contributed by atoms with Gasteiger partial charge in [-0.15, -0.1) is 0 Å². The maximum absolute atomic E-state index is 14.0. The van der Waals surface area contributed by atoms with Crippen molar-refractivity contribution in [2.24, 2.45) is 0 Å². The smallest absolute Gasteiger partial charge is 0.253 e. The van der Waals surface area contributed by atoms with Gasteiger partial charge in [-0.1, -0.05) is 27.2 Å². The number of anilines is 2. The van der Waals surface area contributed by atoms with Gasteiger partial charge >= 0.3 is 0 Å². The number of nitrogens with one attached hydrogen (secondary N) is 1. The molecule has 2 aliphatic heterocycles. The Labute approximate surface area is 226 Å². The normalized spacial score (nSPS) is 16.3. The van der Waals surface area contributed by atoms with E-state index >= 15 is 0 Å². The summed E-state index contributed by atoms with van der Waals surface area (Å²) in [5, 5.41) is 11.7. The maximum Gasteiger partial charge on any atom is 0.253 e. The summed E-state index contributed by atoms with van der Waals surface area (Å²) in [6, 6.07) is 12.8. The molecule has 6 rings (SSSR count). The van der Waals surface area contributed by atoms with Gasteiger partial charge in [-0.05, 0) is 50.1 Å². The average Bonchev–Trinajstić information content (AvgIpc) is 3.63. The number of aryl methyl sites for hydroxylation is 1. The van der Waals surface area contributed by atoms with Gasteiger partial charge in [0.1, 0.15) is 12.3 Å². The molecule has 4 aromatic rings. The minimum atomic E-state index is -0.815. The minimum Gasteiger partial charge on any atom is -0.360 e. The van der Waals surface area contributed by atoms with Crippen LogP contribution in [0.25, 0.3) is 10.9 Å². The second-order valence-corrected chi connectivity index (χ2v) is 10.7. The summed E-state index contributed by atoms with van der Waals surface area (Å²) in [5.74, 6) is 0.512. The monoisotopic (exact) mass is 576 g/mol. The third-order valence-corrected chi connectivity index (χ3v) is 8.29. The Morgan fingerprint density at radius 3 is 2.71 bits per heavy atom. The van der Waals surface area contributed by atoms with E-state index in [1.165, 1.54) is 4.90 Å². The number of benzene rings is 2. The van der Waals surface area contributed by atoms with E-state index in [2.05, 4.69) is 31.3 Å². The molecular formula is C27H25BrN6O4. The number of hydrogen-bond acceptors (Lipinski definition) is 6. The van der Waals surface area contributed by atoms with E-state index < -0.39 is 5.41 Å². The number of carbonyl (C=O) groups is 3. The van der Waals surface area contributed by atoms with Crippen LogP contribution in [0.4, 0.5) is 11.5 Å². The average molecular weight is 577 g/mol. The topological polar surface area (TPSA) is 116 Å². The summed E-state index contributed by atoms with van der Waals surface area (Å²) in [7, 11) is 1.61. The molecule has 4 heterocycles. The molecule has 11 heteroatoms. The SMILES string of the molecule is Cc1cc(N(C)C(=O)CN2C(=O)C3(CCN(C(=O)c4ccc5[nH]ncc5c4)CC3)c3c(Br)cccc32)no1. The van der Waals surface area contributed by atoms with Gasteiger partial charge in [-0.3, -0.25) is 24.4 Å². The number of halogens is 1. The highest BCUT2D eigenvalue weighted by molar-refractivity contribution is 9.10. The number of likely N-dealkylation sites (N-methyl/N-ethyl adjacent to an activating group) is 1. The molecule has 1 spiro atoms. The lowest BCUT2D eigenvalue weighted by Crippen LogP contribution is -2.51. The number of aromatic nitrogens is 3. The number of amides is 3. The van der Waals surface area contributed by atoms with E-state index in [0.29, 0.717) is 48.8 Å². The third-order valence-electron chi connectivity index (χ3n) is 7.63. The summed E-state index contributed by atoms with van der Waals surface area (Å²) in [4.78, 5) is 45.3. The fourth-order valence-electron chi connectivity index (χ4n) is 5.54. The second kappa shape index (κ2) is 9.09. The van der Waals surface area contributed by atoms with Crippen LogP contribution < -0.4 is 9.80 Å². The van der Waals surface area contributed by atoms with Crippen LogP contribution in [0.5, 0.6) is 0 Å². The number of rotatable bonds is 4. The lowest BCUT2D eigenvalue weighted by molar-refractivity contribution is -0.126. The lowest BCUT2D eigenvalue weighted by Gasteiger charge is -2.39. The van der Waals surface area contributed by atoms with Crippen LogP contribution >= 0.6 is 15.9 Å². The molecule has 1 fully saturated rings. The molecule has 3 amide bonds. The van der Waals surface area contributed by atoms with Gasteiger partial charge in [-0.2, -0.15) is 5.10 Å². The number of fused-ring (bicyclic) bond motifs is 3.